The van der Waals surface area contributed by atoms with E-state index in [1.54, 1.807) is 23.2 Å². The van der Waals surface area contributed by atoms with E-state index in [0.717, 1.165) is 11.1 Å². The summed E-state index contributed by atoms with van der Waals surface area (Å²) in [7, 11) is 0. The summed E-state index contributed by atoms with van der Waals surface area (Å²) in [4.78, 5) is 47.5. The number of carbonyl (C=O) groups is 2. The van der Waals surface area contributed by atoms with E-state index in [1.807, 2.05) is 48.2 Å². The van der Waals surface area contributed by atoms with Crippen molar-refractivity contribution >= 4 is 57.7 Å². The molecule has 2 aliphatic rings. The Hall–Kier alpha value is -3.50. The normalized spacial score (nSPS) is 18.0. The number of thioether (sulfide) groups is 1. The van der Waals surface area contributed by atoms with Crippen LogP contribution in [0.15, 0.2) is 58.4 Å². The van der Waals surface area contributed by atoms with Gasteiger partial charge < -0.3 is 10.6 Å². The molecule has 1 aromatic carbocycles. The number of nitrogens with two attached hydrogens (primary N) is 1. The molecular formula is C26H25N5O3S2. The predicted octanol–water partition coefficient (Wildman–Crippen LogP) is 3.11. The summed E-state index contributed by atoms with van der Waals surface area (Å²) in [6, 6.07) is 13.3. The van der Waals surface area contributed by atoms with Gasteiger partial charge in [0.15, 0.2) is 0 Å². The number of nitrogens with zero attached hydrogens (tertiary/aromatic N) is 4. The molecule has 10 heteroatoms. The minimum Gasteiger partial charge on any atom is -0.369 e. The summed E-state index contributed by atoms with van der Waals surface area (Å²) in [5.74, 6) is -0.229. The van der Waals surface area contributed by atoms with Crippen LogP contribution in [0.4, 0.5) is 5.82 Å². The van der Waals surface area contributed by atoms with Gasteiger partial charge in [-0.1, -0.05) is 60.4 Å². The van der Waals surface area contributed by atoms with E-state index in [-0.39, 0.29) is 23.3 Å². The van der Waals surface area contributed by atoms with Crippen molar-refractivity contribution in [2.24, 2.45) is 11.7 Å². The van der Waals surface area contributed by atoms with Crippen LogP contribution >= 0.6 is 24.0 Å². The van der Waals surface area contributed by atoms with Gasteiger partial charge in [-0.2, -0.15) is 0 Å². The highest BCUT2D eigenvalue weighted by atomic mass is 32.2. The van der Waals surface area contributed by atoms with Gasteiger partial charge in [-0.15, -0.1) is 0 Å². The first kappa shape index (κ1) is 24.2. The van der Waals surface area contributed by atoms with Crippen LogP contribution in [-0.4, -0.2) is 43.5 Å². The summed E-state index contributed by atoms with van der Waals surface area (Å²) >= 11 is 6.69. The molecule has 0 radical (unpaired) electrons. The third-order valence-electron chi connectivity index (χ3n) is 6.59. The molecule has 184 valence electrons. The Morgan fingerprint density at radius 2 is 1.89 bits per heavy atom. The molecular weight excluding hydrogens is 494 g/mol. The van der Waals surface area contributed by atoms with Gasteiger partial charge in [0.2, 0.25) is 5.91 Å². The maximum atomic E-state index is 13.7. The maximum Gasteiger partial charge on any atom is 0.267 e. The molecule has 3 aromatic rings. The largest absolute Gasteiger partial charge is 0.369 e. The lowest BCUT2D eigenvalue weighted by molar-refractivity contribution is -0.123. The van der Waals surface area contributed by atoms with Crippen LogP contribution in [-0.2, 0) is 16.1 Å². The number of anilines is 1. The number of aryl methyl sites for hydroxylation is 1. The van der Waals surface area contributed by atoms with Crippen LogP contribution < -0.4 is 16.2 Å². The minimum atomic E-state index is -0.306. The Labute approximate surface area is 217 Å². The second-order valence-corrected chi connectivity index (χ2v) is 10.6. The number of amides is 2. The van der Waals surface area contributed by atoms with Crippen molar-refractivity contribution in [3.63, 3.8) is 0 Å². The molecule has 0 aliphatic carbocycles. The fraction of sp³-hybridized carbons (Fsp3) is 0.269. The van der Waals surface area contributed by atoms with Gasteiger partial charge in [-0.3, -0.25) is 23.7 Å². The van der Waals surface area contributed by atoms with Crippen molar-refractivity contribution in [2.75, 3.05) is 18.0 Å². The van der Waals surface area contributed by atoms with Crippen molar-refractivity contribution in [3.8, 4) is 0 Å². The second-order valence-electron chi connectivity index (χ2n) is 8.96. The lowest BCUT2D eigenvalue weighted by atomic mass is 9.96. The zero-order valence-corrected chi connectivity index (χ0v) is 21.3. The zero-order chi connectivity index (χ0) is 25.4. The Bertz CT molecular complexity index is 1460. The number of rotatable bonds is 5. The molecule has 0 spiro atoms. The number of pyridine rings is 1. The van der Waals surface area contributed by atoms with Gasteiger partial charge in [-0.25, -0.2) is 4.98 Å². The first-order chi connectivity index (χ1) is 17.3. The Morgan fingerprint density at radius 3 is 2.58 bits per heavy atom. The van der Waals surface area contributed by atoms with E-state index in [1.165, 1.54) is 16.2 Å². The van der Waals surface area contributed by atoms with Crippen LogP contribution in [0.5, 0.6) is 0 Å². The molecule has 2 N–H and O–H groups in total. The first-order valence-corrected chi connectivity index (χ1v) is 12.9. The number of carbonyl (C=O) groups excluding carboxylic acids is 2. The van der Waals surface area contributed by atoms with Crippen LogP contribution in [0.3, 0.4) is 0 Å². The number of hydrogen-bond donors (Lipinski definition) is 1. The quantitative estimate of drug-likeness (QED) is 0.408. The molecule has 0 saturated carbocycles. The molecule has 2 aliphatic heterocycles. The van der Waals surface area contributed by atoms with Gasteiger partial charge in [-0.05, 0) is 43.0 Å². The summed E-state index contributed by atoms with van der Waals surface area (Å²) < 4.78 is 1.95. The summed E-state index contributed by atoms with van der Waals surface area (Å²) in [5, 5.41) is 0. The average molecular weight is 520 g/mol. The van der Waals surface area contributed by atoms with Crippen LogP contribution in [0.1, 0.15) is 29.5 Å². The van der Waals surface area contributed by atoms with Crippen LogP contribution in [0.2, 0.25) is 0 Å². The summed E-state index contributed by atoms with van der Waals surface area (Å²) in [6.07, 6.45) is 4.47. The molecule has 0 bridgehead atoms. The highest BCUT2D eigenvalue weighted by Crippen LogP contribution is 2.35. The highest BCUT2D eigenvalue weighted by Gasteiger charge is 2.33. The van der Waals surface area contributed by atoms with Crippen molar-refractivity contribution in [3.05, 3.63) is 80.6 Å². The van der Waals surface area contributed by atoms with E-state index in [9.17, 15) is 14.4 Å². The Kier molecular flexibility index (Phi) is 6.63. The van der Waals surface area contributed by atoms with E-state index >= 15 is 0 Å². The Balaban J connectivity index is 1.56. The van der Waals surface area contributed by atoms with Crippen molar-refractivity contribution in [1.82, 2.24) is 14.3 Å². The SMILES string of the molecule is Cc1cccn2c(=O)c(/C=C3/SC(=S)N(Cc4ccccc4)C3=O)c(N3CCC(C(N)=O)CC3)nc12. The van der Waals surface area contributed by atoms with E-state index in [4.69, 9.17) is 22.9 Å². The molecule has 2 saturated heterocycles. The van der Waals surface area contributed by atoms with Gasteiger partial charge in [0.1, 0.15) is 15.8 Å². The van der Waals surface area contributed by atoms with E-state index in [2.05, 4.69) is 0 Å². The lowest BCUT2D eigenvalue weighted by Crippen LogP contribution is -2.40. The molecule has 2 fully saturated rings. The van der Waals surface area contributed by atoms with E-state index < -0.39 is 0 Å². The molecule has 5 rings (SSSR count). The molecule has 8 nitrogen and oxygen atoms in total. The van der Waals surface area contributed by atoms with Crippen molar-refractivity contribution < 1.29 is 9.59 Å². The third kappa shape index (κ3) is 4.54. The van der Waals surface area contributed by atoms with Crippen molar-refractivity contribution in [2.45, 2.75) is 26.3 Å². The van der Waals surface area contributed by atoms with Crippen LogP contribution in [0.25, 0.3) is 11.7 Å². The number of primary amides is 1. The Morgan fingerprint density at radius 1 is 1.17 bits per heavy atom. The molecule has 2 amide bonds. The van der Waals surface area contributed by atoms with Gasteiger partial charge in [0.25, 0.3) is 11.5 Å². The average Bonchev–Trinajstić information content (AvgIpc) is 3.14. The lowest BCUT2D eigenvalue weighted by Gasteiger charge is -2.32. The van der Waals surface area contributed by atoms with Gasteiger partial charge >= 0.3 is 0 Å². The van der Waals surface area contributed by atoms with Crippen LogP contribution in [0, 0.1) is 12.8 Å². The predicted molar refractivity (Wildman–Crippen MR) is 145 cm³/mol. The number of thiocarbonyl (C=S) groups is 1. The topological polar surface area (TPSA) is 101 Å². The molecule has 2 aromatic heterocycles. The van der Waals surface area contributed by atoms with Gasteiger partial charge in [0.05, 0.1) is 17.0 Å². The summed E-state index contributed by atoms with van der Waals surface area (Å²) in [5.41, 5.74) is 7.97. The number of fused-ring (bicyclic) bond motifs is 1. The standard InChI is InChI=1S/C26H25N5O3S2/c1-16-6-5-11-30-22(16)28-23(29-12-9-18(10-13-29)21(27)32)19(24(30)33)14-20-25(34)31(26(35)36-20)15-17-7-3-2-4-8-17/h2-8,11,14,18H,9-10,12-13,15H2,1H3,(H2,27,32)/b20-14+. The molecule has 36 heavy (non-hydrogen) atoms. The smallest absolute Gasteiger partial charge is 0.267 e. The van der Waals surface area contributed by atoms with Crippen molar-refractivity contribution in [1.29, 1.82) is 0 Å². The molecule has 0 atom stereocenters. The number of hydrogen-bond acceptors (Lipinski definition) is 7. The second kappa shape index (κ2) is 9.87. The molecule has 4 heterocycles. The highest BCUT2D eigenvalue weighted by molar-refractivity contribution is 8.26. The maximum absolute atomic E-state index is 13.7. The van der Waals surface area contributed by atoms with E-state index in [0.29, 0.717) is 58.7 Å². The minimum absolute atomic E-state index is 0.192. The first-order valence-electron chi connectivity index (χ1n) is 11.7. The molecule has 0 unspecified atom stereocenters. The number of benzene rings is 1. The van der Waals surface area contributed by atoms with Gasteiger partial charge in [0, 0.05) is 25.2 Å². The monoisotopic (exact) mass is 519 g/mol. The zero-order valence-electron chi connectivity index (χ0n) is 19.7. The fourth-order valence-electron chi connectivity index (χ4n) is 4.58. The summed E-state index contributed by atoms with van der Waals surface area (Å²) in [6.45, 7) is 3.35. The third-order valence-corrected chi connectivity index (χ3v) is 7.97. The number of piperidine rings is 1. The fourth-order valence-corrected chi connectivity index (χ4v) is 5.81. The number of aromatic nitrogens is 2.